The van der Waals surface area contributed by atoms with Crippen LogP contribution in [0.5, 0.6) is 11.5 Å². The highest BCUT2D eigenvalue weighted by atomic mass is 16.4. The minimum absolute atomic E-state index is 0.0949. The highest BCUT2D eigenvalue weighted by Gasteiger charge is 2.09. The Bertz CT molecular complexity index is 983. The number of azo groups is 1. The van der Waals surface area contributed by atoms with E-state index in [0.717, 1.165) is 0 Å². The maximum Gasteiger partial charge on any atom is 0.339 e. The Morgan fingerprint density at radius 1 is 0.917 bits per heavy atom. The van der Waals surface area contributed by atoms with E-state index in [2.05, 4.69) is 10.2 Å². The number of carboxylic acids is 1. The van der Waals surface area contributed by atoms with Crippen LogP contribution in [0.2, 0.25) is 0 Å². The van der Waals surface area contributed by atoms with Crippen LogP contribution in [0.3, 0.4) is 0 Å². The fraction of sp³-hybridized carbons (Fsp3) is 0. The summed E-state index contributed by atoms with van der Waals surface area (Å²) < 4.78 is 0. The van der Waals surface area contributed by atoms with Crippen molar-refractivity contribution in [1.82, 2.24) is 0 Å². The summed E-state index contributed by atoms with van der Waals surface area (Å²) in [7, 11) is 0. The molecule has 0 amide bonds. The fourth-order valence-corrected chi connectivity index (χ4v) is 2.30. The molecular formula is C17H13N3O4. The number of nitrogen functional groups attached to an aromatic ring is 1. The highest BCUT2D eigenvalue weighted by Crippen LogP contribution is 2.34. The smallest absolute Gasteiger partial charge is 0.339 e. The Kier molecular flexibility index (Phi) is 3.75. The number of aromatic hydroxyl groups is 2. The fourth-order valence-electron chi connectivity index (χ4n) is 2.30. The second-order valence-electron chi connectivity index (χ2n) is 5.11. The first-order chi connectivity index (χ1) is 11.5. The number of phenols is 2. The van der Waals surface area contributed by atoms with Gasteiger partial charge in [-0.05, 0) is 42.5 Å². The van der Waals surface area contributed by atoms with E-state index in [9.17, 15) is 15.0 Å². The molecule has 3 aromatic rings. The van der Waals surface area contributed by atoms with Crippen LogP contribution in [0.1, 0.15) is 10.4 Å². The first-order valence-corrected chi connectivity index (χ1v) is 6.95. The van der Waals surface area contributed by atoms with Gasteiger partial charge < -0.3 is 21.1 Å². The predicted octanol–water partition coefficient (Wildman–Crippen LogP) is 3.95. The largest absolute Gasteiger partial charge is 0.508 e. The lowest BCUT2D eigenvalue weighted by Crippen LogP contribution is -1.95. The van der Waals surface area contributed by atoms with Crippen molar-refractivity contribution in [2.75, 3.05) is 5.73 Å². The molecule has 0 spiro atoms. The van der Waals surface area contributed by atoms with E-state index in [-0.39, 0.29) is 17.1 Å². The van der Waals surface area contributed by atoms with E-state index in [1.807, 2.05) is 0 Å². The highest BCUT2D eigenvalue weighted by molar-refractivity contribution is 6.00. The van der Waals surface area contributed by atoms with Gasteiger partial charge in [0, 0.05) is 22.5 Å². The number of fused-ring (bicyclic) bond motifs is 1. The molecule has 5 N–H and O–H groups in total. The monoisotopic (exact) mass is 323 g/mol. The summed E-state index contributed by atoms with van der Waals surface area (Å²) in [4.78, 5) is 10.9. The van der Waals surface area contributed by atoms with Gasteiger partial charge in [0.1, 0.15) is 17.1 Å². The summed E-state index contributed by atoms with van der Waals surface area (Å²) >= 11 is 0. The number of hydrogen-bond donors (Lipinski definition) is 4. The first-order valence-electron chi connectivity index (χ1n) is 6.95. The van der Waals surface area contributed by atoms with Crippen molar-refractivity contribution in [3.8, 4) is 11.5 Å². The van der Waals surface area contributed by atoms with Gasteiger partial charge >= 0.3 is 5.97 Å². The molecule has 120 valence electrons. The Hall–Kier alpha value is -3.61. The molecule has 0 aliphatic rings. The molecule has 7 nitrogen and oxygen atoms in total. The van der Waals surface area contributed by atoms with Gasteiger partial charge in [0.25, 0.3) is 0 Å². The van der Waals surface area contributed by atoms with E-state index >= 15 is 0 Å². The molecule has 0 aliphatic heterocycles. The van der Waals surface area contributed by atoms with Crippen LogP contribution in [0.4, 0.5) is 17.1 Å². The third-order valence-corrected chi connectivity index (χ3v) is 3.50. The van der Waals surface area contributed by atoms with E-state index < -0.39 is 5.97 Å². The number of rotatable bonds is 3. The molecular weight excluding hydrogens is 310 g/mol. The topological polar surface area (TPSA) is 128 Å². The summed E-state index contributed by atoms with van der Waals surface area (Å²) in [5.74, 6) is -1.51. The molecule has 0 bridgehead atoms. The lowest BCUT2D eigenvalue weighted by molar-refractivity contribution is 0.0694. The van der Waals surface area contributed by atoms with Crippen LogP contribution in [-0.2, 0) is 0 Å². The van der Waals surface area contributed by atoms with Crippen LogP contribution in [0, 0.1) is 0 Å². The van der Waals surface area contributed by atoms with Crippen molar-refractivity contribution in [2.24, 2.45) is 10.2 Å². The number of benzene rings is 3. The second-order valence-corrected chi connectivity index (χ2v) is 5.11. The molecule has 0 aliphatic carbocycles. The van der Waals surface area contributed by atoms with Crippen LogP contribution in [-0.4, -0.2) is 21.3 Å². The Morgan fingerprint density at radius 3 is 2.42 bits per heavy atom. The summed E-state index contributed by atoms with van der Waals surface area (Å²) in [5, 5.41) is 37.6. The van der Waals surface area contributed by atoms with Gasteiger partial charge in [-0.1, -0.05) is 0 Å². The van der Waals surface area contributed by atoms with Crippen molar-refractivity contribution in [2.45, 2.75) is 0 Å². The third-order valence-electron chi connectivity index (χ3n) is 3.50. The predicted molar refractivity (Wildman–Crippen MR) is 89.3 cm³/mol. The zero-order chi connectivity index (χ0) is 17.3. The van der Waals surface area contributed by atoms with Crippen molar-refractivity contribution in [1.29, 1.82) is 0 Å². The number of anilines is 1. The molecule has 0 radical (unpaired) electrons. The lowest BCUT2D eigenvalue weighted by Gasteiger charge is -2.05. The molecule has 3 aromatic carbocycles. The minimum atomic E-state index is -1.22. The van der Waals surface area contributed by atoms with Crippen LogP contribution < -0.4 is 5.73 Å². The molecule has 0 unspecified atom stereocenters. The normalized spacial score (nSPS) is 11.2. The van der Waals surface area contributed by atoms with Gasteiger partial charge in [-0.2, -0.15) is 5.11 Å². The summed E-state index contributed by atoms with van der Waals surface area (Å²) in [6.45, 7) is 0. The Morgan fingerprint density at radius 2 is 1.71 bits per heavy atom. The summed E-state index contributed by atoms with van der Waals surface area (Å²) in [5.41, 5.74) is 7.03. The van der Waals surface area contributed by atoms with Crippen LogP contribution in [0.15, 0.2) is 58.8 Å². The standard InChI is InChI=1S/C17H13N3O4/c18-14-5-6-15(11-4-2-10(21)8-13(11)14)20-19-9-1-3-12(17(23)24)16(22)7-9/h1-8,21-22H,18H2,(H,23,24). The van der Waals surface area contributed by atoms with Crippen molar-refractivity contribution in [3.63, 3.8) is 0 Å². The summed E-state index contributed by atoms with van der Waals surface area (Å²) in [6, 6.07) is 12.0. The molecule has 0 saturated carbocycles. The molecule has 0 heterocycles. The van der Waals surface area contributed by atoms with Crippen molar-refractivity contribution >= 4 is 33.8 Å². The van der Waals surface area contributed by atoms with Gasteiger partial charge in [0.15, 0.2) is 0 Å². The average Bonchev–Trinajstić information content (AvgIpc) is 2.54. The first kappa shape index (κ1) is 15.3. The SMILES string of the molecule is Nc1ccc(N=Nc2ccc(C(=O)O)c(O)c2)c2ccc(O)cc12. The van der Waals surface area contributed by atoms with Gasteiger partial charge in [-0.3, -0.25) is 0 Å². The molecule has 0 fully saturated rings. The Balaban J connectivity index is 2.01. The van der Waals surface area contributed by atoms with E-state index in [4.69, 9.17) is 10.8 Å². The molecule has 0 aromatic heterocycles. The molecule has 0 saturated heterocycles. The van der Waals surface area contributed by atoms with E-state index in [0.29, 0.717) is 27.8 Å². The number of carbonyl (C=O) groups is 1. The Labute approximate surface area is 136 Å². The number of hydrogen-bond acceptors (Lipinski definition) is 6. The number of nitrogens with zero attached hydrogens (tertiary/aromatic N) is 2. The van der Waals surface area contributed by atoms with Gasteiger partial charge in [-0.15, -0.1) is 5.11 Å². The van der Waals surface area contributed by atoms with E-state index in [1.54, 1.807) is 18.2 Å². The van der Waals surface area contributed by atoms with Gasteiger partial charge in [0.2, 0.25) is 0 Å². The minimum Gasteiger partial charge on any atom is -0.508 e. The number of phenolic OH excluding ortho intramolecular Hbond substituents is 1. The number of nitrogens with two attached hydrogens (primary N) is 1. The maximum absolute atomic E-state index is 10.9. The number of aromatic carboxylic acids is 1. The van der Waals surface area contributed by atoms with Crippen molar-refractivity contribution < 1.29 is 20.1 Å². The molecule has 7 heteroatoms. The van der Waals surface area contributed by atoms with Crippen LogP contribution >= 0.6 is 0 Å². The maximum atomic E-state index is 10.9. The quantitative estimate of drug-likeness (QED) is 0.428. The van der Waals surface area contributed by atoms with E-state index in [1.165, 1.54) is 30.3 Å². The van der Waals surface area contributed by atoms with Gasteiger partial charge in [-0.25, -0.2) is 4.79 Å². The molecule has 0 atom stereocenters. The molecule has 3 rings (SSSR count). The van der Waals surface area contributed by atoms with Crippen molar-refractivity contribution in [3.05, 3.63) is 54.1 Å². The number of carboxylic acid groups (broad SMARTS) is 1. The van der Waals surface area contributed by atoms with Gasteiger partial charge in [0.05, 0.1) is 11.4 Å². The average molecular weight is 323 g/mol. The summed E-state index contributed by atoms with van der Waals surface area (Å²) in [6.07, 6.45) is 0. The zero-order valence-electron chi connectivity index (χ0n) is 12.3. The lowest BCUT2D eigenvalue weighted by atomic mass is 10.1. The van der Waals surface area contributed by atoms with Crippen LogP contribution in [0.25, 0.3) is 10.8 Å². The molecule has 24 heavy (non-hydrogen) atoms. The third kappa shape index (κ3) is 2.82. The second kappa shape index (κ2) is 5.88. The zero-order valence-corrected chi connectivity index (χ0v) is 12.3.